The second-order valence-electron chi connectivity index (χ2n) is 3.56. The Balaban J connectivity index is 2.18. The molecular formula is C14H9NO3. The second kappa shape index (κ2) is 5.11. The van der Waals surface area contributed by atoms with Gasteiger partial charge in [0.05, 0.1) is 12.1 Å². The van der Waals surface area contributed by atoms with Crippen LogP contribution in [0.5, 0.6) is 0 Å². The van der Waals surface area contributed by atoms with E-state index in [9.17, 15) is 14.4 Å². The number of anilines is 1. The third-order valence-electron chi connectivity index (χ3n) is 2.35. The molecule has 0 saturated carbocycles. The van der Waals surface area contributed by atoms with E-state index in [1.165, 1.54) is 12.2 Å². The van der Waals surface area contributed by atoms with Crippen LogP contribution >= 0.6 is 0 Å². The van der Waals surface area contributed by atoms with E-state index in [2.05, 4.69) is 11.8 Å². The maximum Gasteiger partial charge on any atom is 0.258 e. The van der Waals surface area contributed by atoms with Gasteiger partial charge in [0, 0.05) is 17.7 Å². The van der Waals surface area contributed by atoms with E-state index in [0.717, 1.165) is 16.7 Å². The quantitative estimate of drug-likeness (QED) is 0.440. The zero-order chi connectivity index (χ0) is 13.0. The summed E-state index contributed by atoms with van der Waals surface area (Å²) in [6.07, 6.45) is 3.39. The predicted octanol–water partition coefficient (Wildman–Crippen LogP) is 1.06. The summed E-state index contributed by atoms with van der Waals surface area (Å²) in [5, 5.41) is 0. The lowest BCUT2D eigenvalue weighted by Gasteiger charge is -2.13. The van der Waals surface area contributed by atoms with Crippen LogP contribution in [0.25, 0.3) is 0 Å². The van der Waals surface area contributed by atoms with Crippen LogP contribution in [0, 0.1) is 11.8 Å². The fourth-order valence-electron chi connectivity index (χ4n) is 1.54. The van der Waals surface area contributed by atoms with Crippen molar-refractivity contribution >= 4 is 23.8 Å². The highest BCUT2D eigenvalue weighted by molar-refractivity contribution is 6.28. The Hall–Kier alpha value is -2.67. The Bertz CT molecular complexity index is 570. The van der Waals surface area contributed by atoms with E-state index in [4.69, 9.17) is 0 Å². The van der Waals surface area contributed by atoms with Gasteiger partial charge in [-0.1, -0.05) is 11.8 Å². The number of amides is 2. The second-order valence-corrected chi connectivity index (χ2v) is 3.56. The predicted molar refractivity (Wildman–Crippen MR) is 65.6 cm³/mol. The first-order chi connectivity index (χ1) is 8.72. The van der Waals surface area contributed by atoms with Crippen LogP contribution in [0.15, 0.2) is 36.4 Å². The van der Waals surface area contributed by atoms with Crippen molar-refractivity contribution in [2.75, 3.05) is 4.90 Å². The van der Waals surface area contributed by atoms with E-state index >= 15 is 0 Å². The molecule has 18 heavy (non-hydrogen) atoms. The van der Waals surface area contributed by atoms with Gasteiger partial charge in [0.25, 0.3) is 11.8 Å². The van der Waals surface area contributed by atoms with Crippen LogP contribution in [-0.4, -0.2) is 18.1 Å². The zero-order valence-corrected chi connectivity index (χ0v) is 9.42. The number of carbonyl (C=O) groups is 3. The fraction of sp³-hybridized carbons (Fsp3) is 0.0714. The minimum absolute atomic E-state index is 0.189. The first-order valence-corrected chi connectivity index (χ1v) is 5.31. The molecule has 0 bridgehead atoms. The molecule has 1 heterocycles. The number of hydrogen-bond donors (Lipinski definition) is 0. The zero-order valence-electron chi connectivity index (χ0n) is 9.42. The van der Waals surface area contributed by atoms with Gasteiger partial charge in [0.2, 0.25) is 0 Å². The molecule has 0 saturated heterocycles. The molecule has 0 aromatic heterocycles. The fourth-order valence-corrected chi connectivity index (χ4v) is 1.54. The van der Waals surface area contributed by atoms with Crippen molar-refractivity contribution in [3.8, 4) is 11.8 Å². The molecule has 2 amide bonds. The first kappa shape index (κ1) is 11.8. The van der Waals surface area contributed by atoms with Gasteiger partial charge in [0.1, 0.15) is 6.29 Å². The number of imide groups is 1. The highest BCUT2D eigenvalue weighted by atomic mass is 16.2. The molecule has 4 nitrogen and oxygen atoms in total. The van der Waals surface area contributed by atoms with Crippen molar-refractivity contribution < 1.29 is 14.4 Å². The Morgan fingerprint density at radius 1 is 1.06 bits per heavy atom. The normalized spacial score (nSPS) is 13.4. The Labute approximate surface area is 104 Å². The smallest absolute Gasteiger partial charge is 0.258 e. The topological polar surface area (TPSA) is 54.5 Å². The van der Waals surface area contributed by atoms with E-state index < -0.39 is 0 Å². The molecule has 1 aromatic rings. The van der Waals surface area contributed by atoms with Crippen molar-refractivity contribution in [2.24, 2.45) is 0 Å². The summed E-state index contributed by atoms with van der Waals surface area (Å²) in [4.78, 5) is 34.1. The molecule has 1 aliphatic rings. The molecule has 4 heteroatoms. The highest BCUT2D eigenvalue weighted by Crippen LogP contribution is 2.19. The molecule has 0 spiro atoms. The van der Waals surface area contributed by atoms with Gasteiger partial charge in [-0.05, 0) is 24.3 Å². The molecule has 0 atom stereocenters. The van der Waals surface area contributed by atoms with Crippen LogP contribution in [0.4, 0.5) is 5.69 Å². The largest absolute Gasteiger partial charge is 0.302 e. The molecule has 0 aliphatic carbocycles. The lowest BCUT2D eigenvalue weighted by molar-refractivity contribution is -0.120. The van der Waals surface area contributed by atoms with Crippen LogP contribution in [0.1, 0.15) is 12.0 Å². The standard InChI is InChI=1S/C14H9NO3/c16-10-2-1-3-11-4-6-12(7-5-11)15-13(17)8-9-14(15)18/h4-10H,2H2. The van der Waals surface area contributed by atoms with E-state index in [1.807, 2.05) is 0 Å². The van der Waals surface area contributed by atoms with E-state index in [0.29, 0.717) is 5.69 Å². The maximum absolute atomic E-state index is 11.4. The lowest BCUT2D eigenvalue weighted by Crippen LogP contribution is -2.29. The van der Waals surface area contributed by atoms with Crippen LogP contribution in [-0.2, 0) is 14.4 Å². The summed E-state index contributed by atoms with van der Waals surface area (Å²) in [6, 6.07) is 6.69. The molecule has 0 unspecified atom stereocenters. The van der Waals surface area contributed by atoms with Gasteiger partial charge in [-0.15, -0.1) is 0 Å². The van der Waals surface area contributed by atoms with Gasteiger partial charge in [-0.3, -0.25) is 9.59 Å². The summed E-state index contributed by atoms with van der Waals surface area (Å²) in [7, 11) is 0. The first-order valence-electron chi connectivity index (χ1n) is 5.31. The van der Waals surface area contributed by atoms with E-state index in [-0.39, 0.29) is 18.2 Å². The minimum Gasteiger partial charge on any atom is -0.302 e. The molecule has 1 aromatic carbocycles. The highest BCUT2D eigenvalue weighted by Gasteiger charge is 2.24. The van der Waals surface area contributed by atoms with Gasteiger partial charge >= 0.3 is 0 Å². The number of aldehydes is 1. The number of nitrogens with zero attached hydrogens (tertiary/aromatic N) is 1. The third-order valence-corrected chi connectivity index (χ3v) is 2.35. The molecule has 0 fully saturated rings. The average Bonchev–Trinajstić information content (AvgIpc) is 2.71. The van der Waals surface area contributed by atoms with Crippen LogP contribution < -0.4 is 4.90 Å². The summed E-state index contributed by atoms with van der Waals surface area (Å²) < 4.78 is 0. The van der Waals surface area contributed by atoms with Gasteiger partial charge in [-0.25, -0.2) is 4.90 Å². The Kier molecular flexibility index (Phi) is 3.35. The Morgan fingerprint density at radius 2 is 1.67 bits per heavy atom. The van der Waals surface area contributed by atoms with Gasteiger partial charge in [0.15, 0.2) is 0 Å². The Morgan fingerprint density at radius 3 is 2.22 bits per heavy atom. The van der Waals surface area contributed by atoms with Crippen molar-refractivity contribution in [1.29, 1.82) is 0 Å². The van der Waals surface area contributed by atoms with Crippen LogP contribution in [0.2, 0.25) is 0 Å². The summed E-state index contributed by atoms with van der Waals surface area (Å²) in [5.74, 6) is 4.79. The summed E-state index contributed by atoms with van der Waals surface area (Å²) in [6.45, 7) is 0. The van der Waals surface area contributed by atoms with E-state index in [1.54, 1.807) is 24.3 Å². The number of rotatable bonds is 2. The molecular weight excluding hydrogens is 230 g/mol. The maximum atomic E-state index is 11.4. The monoisotopic (exact) mass is 239 g/mol. The van der Waals surface area contributed by atoms with Crippen molar-refractivity contribution in [3.63, 3.8) is 0 Å². The molecule has 88 valence electrons. The van der Waals surface area contributed by atoms with Crippen molar-refractivity contribution in [3.05, 3.63) is 42.0 Å². The third kappa shape index (κ3) is 2.36. The number of benzene rings is 1. The number of carbonyl (C=O) groups excluding carboxylic acids is 3. The molecule has 1 aliphatic heterocycles. The lowest BCUT2D eigenvalue weighted by atomic mass is 10.2. The molecule has 0 radical (unpaired) electrons. The molecule has 0 N–H and O–H groups in total. The average molecular weight is 239 g/mol. The number of hydrogen-bond acceptors (Lipinski definition) is 3. The summed E-state index contributed by atoms with van der Waals surface area (Å²) >= 11 is 0. The summed E-state index contributed by atoms with van der Waals surface area (Å²) in [5.41, 5.74) is 1.24. The van der Waals surface area contributed by atoms with Gasteiger partial charge < -0.3 is 4.79 Å². The van der Waals surface area contributed by atoms with Crippen molar-refractivity contribution in [2.45, 2.75) is 6.42 Å². The minimum atomic E-state index is -0.347. The SMILES string of the molecule is O=CCC#Cc1ccc(N2C(=O)C=CC2=O)cc1. The van der Waals surface area contributed by atoms with Gasteiger partial charge in [-0.2, -0.15) is 0 Å². The molecule has 2 rings (SSSR count). The van der Waals surface area contributed by atoms with Crippen LogP contribution in [0.3, 0.4) is 0 Å². The van der Waals surface area contributed by atoms with Crippen molar-refractivity contribution in [1.82, 2.24) is 0 Å².